The molecule has 4 nitrogen and oxygen atoms in total. The number of hydrogen-bond donors (Lipinski definition) is 0. The van der Waals surface area contributed by atoms with Crippen LogP contribution in [0.5, 0.6) is 0 Å². The third kappa shape index (κ3) is 2.48. The Bertz CT molecular complexity index is 737. The maximum Gasteiger partial charge on any atom is 0.260 e. The van der Waals surface area contributed by atoms with E-state index in [1.165, 1.54) is 18.4 Å². The number of carbonyl (C=O) groups excluding carboxylic acids is 1. The summed E-state index contributed by atoms with van der Waals surface area (Å²) < 4.78 is 0. The summed E-state index contributed by atoms with van der Waals surface area (Å²) in [6, 6.07) is 10.4. The number of pyridine rings is 1. The van der Waals surface area contributed by atoms with Gasteiger partial charge in [0, 0.05) is 31.0 Å². The Kier molecular flexibility index (Phi) is 3.52. The normalized spacial score (nSPS) is 20.0. The Hall–Kier alpha value is -2.36. The Morgan fingerprint density at radius 2 is 1.96 bits per heavy atom. The molecule has 3 heterocycles. The fourth-order valence-electron chi connectivity index (χ4n) is 3.71. The zero-order valence-electron chi connectivity index (χ0n) is 13.4. The minimum absolute atomic E-state index is 0.0518. The van der Waals surface area contributed by atoms with Crippen LogP contribution < -0.4 is 9.80 Å². The lowest BCUT2D eigenvalue weighted by Gasteiger charge is -2.24. The number of carbonyl (C=O) groups is 1. The van der Waals surface area contributed by atoms with E-state index in [0.29, 0.717) is 5.56 Å². The van der Waals surface area contributed by atoms with Gasteiger partial charge in [-0.3, -0.25) is 9.78 Å². The number of anilines is 2. The second-order valence-corrected chi connectivity index (χ2v) is 6.48. The molecule has 118 valence electrons. The van der Waals surface area contributed by atoms with E-state index >= 15 is 0 Å². The summed E-state index contributed by atoms with van der Waals surface area (Å²) in [4.78, 5) is 21.6. The van der Waals surface area contributed by atoms with Crippen molar-refractivity contribution in [2.24, 2.45) is 0 Å². The summed E-state index contributed by atoms with van der Waals surface area (Å²) in [5.41, 5.74) is 4.03. The summed E-state index contributed by atoms with van der Waals surface area (Å²) in [6.07, 6.45) is 6.91. The number of benzene rings is 1. The molecule has 0 aliphatic carbocycles. The molecule has 1 saturated heterocycles. The van der Waals surface area contributed by atoms with Gasteiger partial charge in [0.05, 0.1) is 17.4 Å². The van der Waals surface area contributed by atoms with Gasteiger partial charge in [-0.05, 0) is 43.9 Å². The van der Waals surface area contributed by atoms with Crippen LogP contribution in [0.15, 0.2) is 42.7 Å². The molecule has 2 aliphatic heterocycles. The zero-order valence-corrected chi connectivity index (χ0v) is 13.4. The van der Waals surface area contributed by atoms with Gasteiger partial charge in [0.2, 0.25) is 0 Å². The molecular weight excluding hydrogens is 286 g/mol. The van der Waals surface area contributed by atoms with E-state index < -0.39 is 0 Å². The summed E-state index contributed by atoms with van der Waals surface area (Å²) >= 11 is 0. The van der Waals surface area contributed by atoms with Crippen LogP contribution in [-0.4, -0.2) is 30.0 Å². The van der Waals surface area contributed by atoms with Crippen molar-refractivity contribution in [3.63, 3.8) is 0 Å². The third-order valence-corrected chi connectivity index (χ3v) is 4.87. The first-order chi connectivity index (χ1) is 11.2. The molecule has 1 atom stereocenters. The van der Waals surface area contributed by atoms with E-state index in [2.05, 4.69) is 22.9 Å². The van der Waals surface area contributed by atoms with Crippen molar-refractivity contribution >= 4 is 17.3 Å². The van der Waals surface area contributed by atoms with Gasteiger partial charge >= 0.3 is 0 Å². The van der Waals surface area contributed by atoms with Gasteiger partial charge in [-0.1, -0.05) is 18.2 Å². The lowest BCUT2D eigenvalue weighted by molar-refractivity contribution is 0.0981. The highest BCUT2D eigenvalue weighted by molar-refractivity contribution is 6.08. The van der Waals surface area contributed by atoms with Crippen LogP contribution in [0.25, 0.3) is 0 Å². The number of hydrogen-bond acceptors (Lipinski definition) is 3. The highest BCUT2D eigenvalue weighted by Crippen LogP contribution is 2.33. The lowest BCUT2D eigenvalue weighted by Crippen LogP contribution is -2.35. The van der Waals surface area contributed by atoms with Gasteiger partial charge in [0.15, 0.2) is 0 Å². The van der Waals surface area contributed by atoms with E-state index in [-0.39, 0.29) is 11.9 Å². The molecule has 1 fully saturated rings. The average Bonchev–Trinajstić information content (AvgIpc) is 3.21. The maximum absolute atomic E-state index is 13.1. The van der Waals surface area contributed by atoms with Crippen molar-refractivity contribution in [2.45, 2.75) is 32.2 Å². The van der Waals surface area contributed by atoms with E-state index in [9.17, 15) is 4.79 Å². The van der Waals surface area contributed by atoms with Crippen molar-refractivity contribution in [3.05, 3.63) is 53.9 Å². The lowest BCUT2D eigenvalue weighted by atomic mass is 10.1. The van der Waals surface area contributed by atoms with Gasteiger partial charge in [0.1, 0.15) is 0 Å². The second kappa shape index (κ2) is 5.69. The monoisotopic (exact) mass is 307 g/mol. The smallest absolute Gasteiger partial charge is 0.260 e. The van der Waals surface area contributed by atoms with Gasteiger partial charge in [-0.15, -0.1) is 0 Å². The highest BCUT2D eigenvalue weighted by atomic mass is 16.2. The molecule has 0 radical (unpaired) electrons. The minimum Gasteiger partial charge on any atom is -0.370 e. The molecule has 2 aliphatic rings. The first-order valence-corrected chi connectivity index (χ1v) is 8.35. The summed E-state index contributed by atoms with van der Waals surface area (Å²) in [7, 11) is 0. The third-order valence-electron chi connectivity index (χ3n) is 4.87. The molecule has 4 rings (SSSR count). The van der Waals surface area contributed by atoms with Crippen LogP contribution in [0.1, 0.15) is 35.7 Å². The van der Waals surface area contributed by atoms with Crippen molar-refractivity contribution in [1.29, 1.82) is 0 Å². The Labute approximate surface area is 136 Å². The first kappa shape index (κ1) is 14.2. The predicted molar refractivity (Wildman–Crippen MR) is 92.1 cm³/mol. The molecule has 23 heavy (non-hydrogen) atoms. The van der Waals surface area contributed by atoms with Gasteiger partial charge < -0.3 is 9.80 Å². The number of nitrogens with zero attached hydrogens (tertiary/aromatic N) is 3. The molecule has 0 bridgehead atoms. The average molecular weight is 307 g/mol. The number of fused-ring (bicyclic) bond motifs is 1. The minimum atomic E-state index is 0.0518. The van der Waals surface area contributed by atoms with Crippen LogP contribution in [0, 0.1) is 0 Å². The number of para-hydroxylation sites is 1. The zero-order chi connectivity index (χ0) is 15.8. The summed E-state index contributed by atoms with van der Waals surface area (Å²) in [5.74, 6) is 0.0518. The van der Waals surface area contributed by atoms with Gasteiger partial charge in [0.25, 0.3) is 5.91 Å². The molecule has 1 aromatic carbocycles. The molecule has 1 amide bonds. The van der Waals surface area contributed by atoms with Crippen LogP contribution in [0.2, 0.25) is 0 Å². The van der Waals surface area contributed by atoms with Crippen LogP contribution in [0.4, 0.5) is 11.4 Å². The number of amides is 1. The molecular formula is C19H21N3O. The fourth-order valence-corrected chi connectivity index (χ4v) is 3.71. The van der Waals surface area contributed by atoms with E-state index in [1.54, 1.807) is 6.20 Å². The maximum atomic E-state index is 13.1. The van der Waals surface area contributed by atoms with E-state index in [1.807, 2.05) is 35.4 Å². The molecule has 1 unspecified atom stereocenters. The fraction of sp³-hybridized carbons (Fsp3) is 0.368. The Morgan fingerprint density at radius 1 is 1.17 bits per heavy atom. The Morgan fingerprint density at radius 3 is 2.78 bits per heavy atom. The Balaban J connectivity index is 1.66. The number of aromatic nitrogens is 1. The molecule has 0 saturated carbocycles. The predicted octanol–water partition coefficient (Wildman–Crippen LogP) is 3.27. The van der Waals surface area contributed by atoms with Crippen molar-refractivity contribution < 1.29 is 4.79 Å². The van der Waals surface area contributed by atoms with Crippen molar-refractivity contribution in [2.75, 3.05) is 22.9 Å². The van der Waals surface area contributed by atoms with Gasteiger partial charge in [-0.25, -0.2) is 0 Å². The number of rotatable bonds is 2. The molecule has 2 aromatic rings. The molecule has 0 spiro atoms. The SMILES string of the molecule is CC1Cc2ccccc2N1C(=O)c1cncc(N2CCCC2)c1. The van der Waals surface area contributed by atoms with E-state index in [4.69, 9.17) is 0 Å². The summed E-state index contributed by atoms with van der Waals surface area (Å²) in [6.45, 7) is 4.22. The topological polar surface area (TPSA) is 36.4 Å². The summed E-state index contributed by atoms with van der Waals surface area (Å²) in [5, 5.41) is 0. The molecule has 0 N–H and O–H groups in total. The molecule has 1 aromatic heterocycles. The van der Waals surface area contributed by atoms with Crippen LogP contribution in [-0.2, 0) is 6.42 Å². The van der Waals surface area contributed by atoms with Crippen molar-refractivity contribution in [3.8, 4) is 0 Å². The second-order valence-electron chi connectivity index (χ2n) is 6.48. The largest absolute Gasteiger partial charge is 0.370 e. The van der Waals surface area contributed by atoms with Gasteiger partial charge in [-0.2, -0.15) is 0 Å². The van der Waals surface area contributed by atoms with E-state index in [0.717, 1.165) is 30.9 Å². The first-order valence-electron chi connectivity index (χ1n) is 8.35. The quantitative estimate of drug-likeness (QED) is 0.854. The highest BCUT2D eigenvalue weighted by Gasteiger charge is 2.31. The molecule has 4 heteroatoms. The standard InChI is InChI=1S/C19H21N3O/c1-14-10-15-6-2-3-7-18(15)22(14)19(23)16-11-17(13-20-12-16)21-8-4-5-9-21/h2-3,6-7,11-14H,4-5,8-10H2,1H3. The van der Waals surface area contributed by atoms with Crippen LogP contribution >= 0.6 is 0 Å². The van der Waals surface area contributed by atoms with Crippen LogP contribution in [0.3, 0.4) is 0 Å². The van der Waals surface area contributed by atoms with Crippen molar-refractivity contribution in [1.82, 2.24) is 4.98 Å².